The van der Waals surface area contributed by atoms with Gasteiger partial charge in [0.05, 0.1) is 10.9 Å². The van der Waals surface area contributed by atoms with Crippen molar-refractivity contribution in [1.82, 2.24) is 9.88 Å². The molecule has 0 aliphatic rings. The zero-order valence-electron chi connectivity index (χ0n) is 17.9. The molecule has 1 heterocycles. The summed E-state index contributed by atoms with van der Waals surface area (Å²) in [5, 5.41) is 20.9. The van der Waals surface area contributed by atoms with Crippen LogP contribution >= 0.6 is 11.6 Å². The van der Waals surface area contributed by atoms with Gasteiger partial charge in [-0.25, -0.2) is 13.6 Å². The second-order valence-corrected chi connectivity index (χ2v) is 9.64. The highest BCUT2D eigenvalue weighted by Crippen LogP contribution is 2.24. The molecule has 0 atom stereocenters. The van der Waals surface area contributed by atoms with E-state index >= 15 is 0 Å². The summed E-state index contributed by atoms with van der Waals surface area (Å²) in [4.78, 5) is 11.9. The van der Waals surface area contributed by atoms with Crippen LogP contribution in [0.2, 0.25) is 5.02 Å². The molecule has 1 aromatic heterocycles. The van der Waals surface area contributed by atoms with Gasteiger partial charge in [-0.3, -0.25) is 0 Å². The maximum Gasteiger partial charge on any atom is 0.238 e. The Balaban J connectivity index is 1.70. The summed E-state index contributed by atoms with van der Waals surface area (Å²) < 4.78 is 24.7. The van der Waals surface area contributed by atoms with Crippen LogP contribution in [0.5, 0.6) is 0 Å². The van der Waals surface area contributed by atoms with Crippen molar-refractivity contribution in [2.24, 2.45) is 5.14 Å². The topological polar surface area (TPSA) is 117 Å². The smallest absolute Gasteiger partial charge is 0.238 e. The van der Waals surface area contributed by atoms with Gasteiger partial charge in [0.1, 0.15) is 0 Å². The number of carboxylic acid groups (broad SMARTS) is 1. The summed E-state index contributed by atoms with van der Waals surface area (Å²) in [5.41, 5.74) is 4.37. The summed E-state index contributed by atoms with van der Waals surface area (Å²) in [5.74, 6) is -1.20. The van der Waals surface area contributed by atoms with Gasteiger partial charge in [-0.15, -0.1) is 0 Å². The van der Waals surface area contributed by atoms with Gasteiger partial charge in [-0.2, -0.15) is 0 Å². The fraction of sp³-hybridized carbons (Fsp3) is 0.261. The molecule has 3 aromatic rings. The van der Waals surface area contributed by atoms with E-state index < -0.39 is 16.0 Å². The van der Waals surface area contributed by atoms with Crippen molar-refractivity contribution in [2.45, 2.75) is 38.3 Å². The summed E-state index contributed by atoms with van der Waals surface area (Å²) >= 11 is 5.96. The first-order valence-corrected chi connectivity index (χ1v) is 12.0. The standard InChI is InChI=1S/C23H26ClN3O4S/c1-15-21(13-26-12-11-17-5-9-20(10-6-17)32(25,30)31)22(23(28)29)16(2)27(15)14-18-3-7-19(24)8-4-18/h3-10,26H,11-14H2,1-2H3,(H,28,29)(H2,25,30,31)/p-1. The molecule has 170 valence electrons. The van der Waals surface area contributed by atoms with E-state index in [4.69, 9.17) is 16.7 Å². The van der Waals surface area contributed by atoms with Crippen LogP contribution in [0.15, 0.2) is 53.4 Å². The van der Waals surface area contributed by atoms with E-state index in [1.807, 2.05) is 35.8 Å². The highest BCUT2D eigenvalue weighted by molar-refractivity contribution is 7.89. The largest absolute Gasteiger partial charge is 0.545 e. The van der Waals surface area contributed by atoms with E-state index in [-0.39, 0.29) is 10.5 Å². The van der Waals surface area contributed by atoms with Gasteiger partial charge < -0.3 is 19.8 Å². The number of nitrogens with one attached hydrogen (secondary N) is 1. The molecular formula is C23H25ClN3O4S-. The van der Waals surface area contributed by atoms with Crippen molar-refractivity contribution >= 4 is 27.6 Å². The minimum atomic E-state index is -3.71. The van der Waals surface area contributed by atoms with Crippen LogP contribution in [0.1, 0.15) is 38.4 Å². The van der Waals surface area contributed by atoms with Gasteiger partial charge in [0, 0.05) is 35.1 Å². The van der Waals surface area contributed by atoms with Crippen LogP contribution < -0.4 is 15.6 Å². The molecule has 0 saturated heterocycles. The predicted molar refractivity (Wildman–Crippen MR) is 122 cm³/mol. The average molecular weight is 475 g/mol. The molecule has 2 aromatic carbocycles. The molecule has 0 aliphatic carbocycles. The molecule has 9 heteroatoms. The lowest BCUT2D eigenvalue weighted by Gasteiger charge is -2.11. The van der Waals surface area contributed by atoms with E-state index in [0.717, 1.165) is 16.8 Å². The van der Waals surface area contributed by atoms with E-state index in [1.54, 1.807) is 19.1 Å². The lowest BCUT2D eigenvalue weighted by Crippen LogP contribution is -2.26. The molecule has 0 fully saturated rings. The molecule has 3 rings (SSSR count). The molecule has 0 bridgehead atoms. The van der Waals surface area contributed by atoms with Crippen LogP contribution in [0.4, 0.5) is 0 Å². The first-order valence-electron chi connectivity index (χ1n) is 10.0. The normalized spacial score (nSPS) is 11.6. The lowest BCUT2D eigenvalue weighted by atomic mass is 10.1. The highest BCUT2D eigenvalue weighted by Gasteiger charge is 2.18. The quantitative estimate of drug-likeness (QED) is 0.461. The second-order valence-electron chi connectivity index (χ2n) is 7.64. The summed E-state index contributed by atoms with van der Waals surface area (Å²) in [6, 6.07) is 13.8. The molecule has 3 N–H and O–H groups in total. The third kappa shape index (κ3) is 5.58. The molecule has 0 spiro atoms. The Morgan fingerprint density at radius 1 is 1.03 bits per heavy atom. The Kier molecular flexibility index (Phi) is 7.40. The number of halogens is 1. The van der Waals surface area contributed by atoms with Crippen LogP contribution in [0.3, 0.4) is 0 Å². The summed E-state index contributed by atoms with van der Waals surface area (Å²) in [6.45, 7) is 5.18. The van der Waals surface area contributed by atoms with Gasteiger partial charge in [0.2, 0.25) is 10.0 Å². The van der Waals surface area contributed by atoms with Crippen molar-refractivity contribution in [3.05, 3.63) is 87.2 Å². The zero-order valence-corrected chi connectivity index (χ0v) is 19.5. The number of hydrogen-bond acceptors (Lipinski definition) is 5. The first kappa shape index (κ1) is 24.0. The Hall–Kier alpha value is -2.65. The van der Waals surface area contributed by atoms with Crippen molar-refractivity contribution in [1.29, 1.82) is 0 Å². The number of carbonyl (C=O) groups excluding carboxylic acids is 1. The van der Waals surface area contributed by atoms with Crippen LogP contribution in [-0.4, -0.2) is 25.5 Å². The minimum absolute atomic E-state index is 0.0703. The van der Waals surface area contributed by atoms with Gasteiger partial charge in [-0.05, 0) is 67.8 Å². The Bertz CT molecular complexity index is 1220. The van der Waals surface area contributed by atoms with Gasteiger partial charge in [0.15, 0.2) is 0 Å². The molecule has 0 radical (unpaired) electrons. The number of nitrogens with two attached hydrogens (primary N) is 1. The number of benzene rings is 2. The number of hydrogen-bond donors (Lipinski definition) is 2. The van der Waals surface area contributed by atoms with Crippen molar-refractivity contribution in [3.63, 3.8) is 0 Å². The number of sulfonamides is 1. The molecule has 0 unspecified atom stereocenters. The average Bonchev–Trinajstić information content (AvgIpc) is 2.96. The lowest BCUT2D eigenvalue weighted by molar-refractivity contribution is -0.255. The fourth-order valence-electron chi connectivity index (χ4n) is 3.74. The third-order valence-corrected chi connectivity index (χ3v) is 6.69. The highest BCUT2D eigenvalue weighted by atomic mass is 35.5. The number of nitrogens with zero attached hydrogens (tertiary/aromatic N) is 1. The Labute approximate surface area is 192 Å². The number of primary sulfonamides is 1. The molecule has 7 nitrogen and oxygen atoms in total. The summed E-state index contributed by atoms with van der Waals surface area (Å²) in [7, 11) is -3.71. The number of rotatable bonds is 9. The molecule has 0 saturated carbocycles. The maximum atomic E-state index is 11.8. The van der Waals surface area contributed by atoms with Gasteiger partial charge in [0.25, 0.3) is 0 Å². The van der Waals surface area contributed by atoms with E-state index in [1.165, 1.54) is 12.1 Å². The maximum absolute atomic E-state index is 11.8. The SMILES string of the molecule is Cc1c(CNCCc2ccc(S(N)(=O)=O)cc2)c(C(=O)[O-])c(C)n1Cc1ccc(Cl)cc1. The van der Waals surface area contributed by atoms with Gasteiger partial charge in [-0.1, -0.05) is 35.9 Å². The molecule has 0 aliphatic heterocycles. The molecular weight excluding hydrogens is 450 g/mol. The molecule has 32 heavy (non-hydrogen) atoms. The Morgan fingerprint density at radius 2 is 1.62 bits per heavy atom. The monoisotopic (exact) mass is 474 g/mol. The number of carbonyl (C=O) groups is 1. The van der Waals surface area contributed by atoms with Crippen LogP contribution in [-0.2, 0) is 29.5 Å². The predicted octanol–water partition coefficient (Wildman–Crippen LogP) is 2.15. The first-order chi connectivity index (χ1) is 15.1. The van der Waals surface area contributed by atoms with E-state index in [0.29, 0.717) is 42.3 Å². The number of carboxylic acids is 1. The van der Waals surface area contributed by atoms with Crippen molar-refractivity contribution < 1.29 is 18.3 Å². The Morgan fingerprint density at radius 3 is 2.19 bits per heavy atom. The van der Waals surface area contributed by atoms with E-state index in [9.17, 15) is 18.3 Å². The number of aromatic nitrogens is 1. The molecule has 0 amide bonds. The van der Waals surface area contributed by atoms with Gasteiger partial charge >= 0.3 is 0 Å². The van der Waals surface area contributed by atoms with Crippen LogP contribution in [0.25, 0.3) is 0 Å². The summed E-state index contributed by atoms with van der Waals surface area (Å²) in [6.07, 6.45) is 0.648. The second kappa shape index (κ2) is 9.87. The minimum Gasteiger partial charge on any atom is -0.545 e. The zero-order chi connectivity index (χ0) is 23.5. The number of aromatic carboxylic acids is 1. The fourth-order valence-corrected chi connectivity index (χ4v) is 4.38. The van der Waals surface area contributed by atoms with Crippen LogP contribution in [0, 0.1) is 13.8 Å². The van der Waals surface area contributed by atoms with Crippen molar-refractivity contribution in [2.75, 3.05) is 6.54 Å². The van der Waals surface area contributed by atoms with E-state index in [2.05, 4.69) is 5.32 Å². The third-order valence-electron chi connectivity index (χ3n) is 5.51. The van der Waals surface area contributed by atoms with Crippen molar-refractivity contribution in [3.8, 4) is 0 Å².